The van der Waals surface area contributed by atoms with Crippen molar-refractivity contribution in [1.29, 1.82) is 0 Å². The highest BCUT2D eigenvalue weighted by molar-refractivity contribution is 7.18. The second-order valence-electron chi connectivity index (χ2n) is 5.53. The number of ether oxygens (including phenoxy) is 1. The van der Waals surface area contributed by atoms with Gasteiger partial charge in [-0.3, -0.25) is 10.1 Å². The Hall–Kier alpha value is -3.32. The molecule has 3 rings (SSSR count). The molecule has 138 valence electrons. The standard InChI is InChI=1S/C20H19N3O3S/c24-19(21-13-14-26-16-9-5-2-6-10-16)17-11-12-18(27-17)23-20(25)22-15-7-3-1-4-8-15/h1-12H,13-14H2,(H,21,24)(H2,22,23,25). The highest BCUT2D eigenvalue weighted by Crippen LogP contribution is 2.22. The van der Waals surface area contributed by atoms with Crippen LogP contribution in [-0.2, 0) is 0 Å². The van der Waals surface area contributed by atoms with E-state index in [1.54, 1.807) is 24.3 Å². The number of hydrogen-bond donors (Lipinski definition) is 3. The highest BCUT2D eigenvalue weighted by Gasteiger charge is 2.10. The van der Waals surface area contributed by atoms with Crippen molar-refractivity contribution in [1.82, 2.24) is 5.32 Å². The lowest BCUT2D eigenvalue weighted by Gasteiger charge is -2.07. The summed E-state index contributed by atoms with van der Waals surface area (Å²) in [6, 6.07) is 21.6. The van der Waals surface area contributed by atoms with Gasteiger partial charge in [-0.15, -0.1) is 11.3 Å². The molecule has 0 bridgehead atoms. The van der Waals surface area contributed by atoms with E-state index in [1.165, 1.54) is 11.3 Å². The second kappa shape index (κ2) is 9.40. The zero-order valence-corrected chi connectivity index (χ0v) is 15.3. The molecule has 7 heteroatoms. The lowest BCUT2D eigenvalue weighted by atomic mass is 10.3. The zero-order chi connectivity index (χ0) is 18.9. The number of carbonyl (C=O) groups is 2. The molecular weight excluding hydrogens is 362 g/mol. The van der Waals surface area contributed by atoms with Crippen molar-refractivity contribution in [3.63, 3.8) is 0 Å². The summed E-state index contributed by atoms with van der Waals surface area (Å²) in [6.45, 7) is 0.772. The fourth-order valence-corrected chi connectivity index (χ4v) is 3.08. The van der Waals surface area contributed by atoms with Gasteiger partial charge < -0.3 is 15.4 Å². The third-order valence-electron chi connectivity index (χ3n) is 3.50. The maximum absolute atomic E-state index is 12.2. The van der Waals surface area contributed by atoms with Crippen molar-refractivity contribution in [2.45, 2.75) is 0 Å². The molecule has 2 aromatic carbocycles. The molecule has 0 saturated carbocycles. The average molecular weight is 381 g/mol. The van der Waals surface area contributed by atoms with Crippen molar-refractivity contribution >= 4 is 34.0 Å². The van der Waals surface area contributed by atoms with Gasteiger partial charge in [0.15, 0.2) is 0 Å². The minimum absolute atomic E-state index is 0.201. The van der Waals surface area contributed by atoms with Crippen LogP contribution < -0.4 is 20.7 Å². The predicted molar refractivity (Wildman–Crippen MR) is 108 cm³/mol. The van der Waals surface area contributed by atoms with Crippen molar-refractivity contribution in [2.24, 2.45) is 0 Å². The van der Waals surface area contributed by atoms with Crippen LogP contribution in [0.1, 0.15) is 9.67 Å². The quantitative estimate of drug-likeness (QED) is 0.537. The van der Waals surface area contributed by atoms with Crippen molar-refractivity contribution in [3.8, 4) is 5.75 Å². The molecule has 0 spiro atoms. The van der Waals surface area contributed by atoms with E-state index in [2.05, 4.69) is 16.0 Å². The lowest BCUT2D eigenvalue weighted by molar-refractivity contribution is 0.0951. The molecule has 6 nitrogen and oxygen atoms in total. The zero-order valence-electron chi connectivity index (χ0n) is 14.5. The molecule has 0 aliphatic rings. The molecule has 0 aliphatic carbocycles. The molecule has 1 aromatic heterocycles. The summed E-state index contributed by atoms with van der Waals surface area (Å²) in [6.07, 6.45) is 0. The van der Waals surface area contributed by atoms with Crippen LogP contribution in [0.3, 0.4) is 0 Å². The van der Waals surface area contributed by atoms with E-state index in [9.17, 15) is 9.59 Å². The number of para-hydroxylation sites is 2. The molecular formula is C20H19N3O3S. The van der Waals surface area contributed by atoms with Gasteiger partial charge in [-0.1, -0.05) is 36.4 Å². The monoisotopic (exact) mass is 381 g/mol. The van der Waals surface area contributed by atoms with Gasteiger partial charge in [0.25, 0.3) is 5.91 Å². The van der Waals surface area contributed by atoms with E-state index >= 15 is 0 Å². The van der Waals surface area contributed by atoms with Crippen LogP contribution in [0.4, 0.5) is 15.5 Å². The molecule has 0 unspecified atom stereocenters. The smallest absolute Gasteiger partial charge is 0.324 e. The van der Waals surface area contributed by atoms with Gasteiger partial charge in [0.1, 0.15) is 12.4 Å². The van der Waals surface area contributed by atoms with Crippen LogP contribution >= 0.6 is 11.3 Å². The molecule has 0 aliphatic heterocycles. The van der Waals surface area contributed by atoms with Gasteiger partial charge in [0.2, 0.25) is 0 Å². The summed E-state index contributed by atoms with van der Waals surface area (Å²) >= 11 is 1.21. The number of nitrogens with one attached hydrogen (secondary N) is 3. The number of thiophene rings is 1. The van der Waals surface area contributed by atoms with Crippen molar-refractivity contribution in [2.75, 3.05) is 23.8 Å². The number of rotatable bonds is 7. The lowest BCUT2D eigenvalue weighted by Crippen LogP contribution is -2.27. The molecule has 0 atom stereocenters. The van der Waals surface area contributed by atoms with Crippen LogP contribution in [0, 0.1) is 0 Å². The van der Waals surface area contributed by atoms with E-state index in [4.69, 9.17) is 4.74 Å². The third-order valence-corrected chi connectivity index (χ3v) is 4.50. The van der Waals surface area contributed by atoms with E-state index in [0.29, 0.717) is 28.7 Å². The van der Waals surface area contributed by atoms with Gasteiger partial charge >= 0.3 is 6.03 Å². The fraction of sp³-hybridized carbons (Fsp3) is 0.100. The van der Waals surface area contributed by atoms with E-state index in [0.717, 1.165) is 5.75 Å². The maximum Gasteiger partial charge on any atom is 0.324 e. The molecule has 3 N–H and O–H groups in total. The van der Waals surface area contributed by atoms with Crippen LogP contribution in [0.25, 0.3) is 0 Å². The van der Waals surface area contributed by atoms with Crippen LogP contribution in [0.2, 0.25) is 0 Å². The summed E-state index contributed by atoms with van der Waals surface area (Å²) < 4.78 is 5.53. The molecule has 3 aromatic rings. The SMILES string of the molecule is O=C(Nc1ccccc1)Nc1ccc(C(=O)NCCOc2ccccc2)s1. The molecule has 0 fully saturated rings. The van der Waals surface area contributed by atoms with Crippen LogP contribution in [-0.4, -0.2) is 25.1 Å². The predicted octanol–water partition coefficient (Wildman–Crippen LogP) is 4.20. The Morgan fingerprint density at radius 3 is 2.30 bits per heavy atom. The van der Waals surface area contributed by atoms with Crippen LogP contribution in [0.5, 0.6) is 5.75 Å². The first-order valence-electron chi connectivity index (χ1n) is 8.39. The molecule has 3 amide bonds. The molecule has 0 saturated heterocycles. The normalized spacial score (nSPS) is 10.1. The largest absolute Gasteiger partial charge is 0.492 e. The Morgan fingerprint density at radius 2 is 1.56 bits per heavy atom. The van der Waals surface area contributed by atoms with Crippen molar-refractivity contribution < 1.29 is 14.3 Å². The summed E-state index contributed by atoms with van der Waals surface area (Å²) in [7, 11) is 0. The number of carbonyl (C=O) groups excluding carboxylic acids is 2. The van der Waals surface area contributed by atoms with Crippen LogP contribution in [0.15, 0.2) is 72.8 Å². The Balaban J connectivity index is 1.42. The van der Waals surface area contributed by atoms with Gasteiger partial charge in [-0.2, -0.15) is 0 Å². The van der Waals surface area contributed by atoms with Gasteiger partial charge in [0.05, 0.1) is 16.4 Å². The Labute approximate surface area is 161 Å². The average Bonchev–Trinajstić information content (AvgIpc) is 3.15. The molecule has 1 heterocycles. The summed E-state index contributed by atoms with van der Waals surface area (Å²) in [4.78, 5) is 24.7. The number of amides is 3. The molecule has 27 heavy (non-hydrogen) atoms. The van der Waals surface area contributed by atoms with E-state index in [1.807, 2.05) is 48.5 Å². The van der Waals surface area contributed by atoms with E-state index < -0.39 is 0 Å². The number of hydrogen-bond acceptors (Lipinski definition) is 4. The summed E-state index contributed by atoms with van der Waals surface area (Å²) in [5.74, 6) is 0.562. The second-order valence-corrected chi connectivity index (χ2v) is 6.61. The highest BCUT2D eigenvalue weighted by atomic mass is 32.1. The summed E-state index contributed by atoms with van der Waals surface area (Å²) in [5.41, 5.74) is 0.697. The number of anilines is 2. The van der Waals surface area contributed by atoms with Gasteiger partial charge in [0, 0.05) is 5.69 Å². The first-order valence-corrected chi connectivity index (χ1v) is 9.21. The first kappa shape index (κ1) is 18.5. The summed E-state index contributed by atoms with van der Waals surface area (Å²) in [5, 5.41) is 8.83. The molecule has 0 radical (unpaired) electrons. The van der Waals surface area contributed by atoms with Gasteiger partial charge in [-0.25, -0.2) is 4.79 Å². The van der Waals surface area contributed by atoms with Gasteiger partial charge in [-0.05, 0) is 36.4 Å². The maximum atomic E-state index is 12.2. The minimum atomic E-state index is -0.355. The number of benzene rings is 2. The Morgan fingerprint density at radius 1 is 0.852 bits per heavy atom. The topological polar surface area (TPSA) is 79.5 Å². The van der Waals surface area contributed by atoms with E-state index in [-0.39, 0.29) is 11.9 Å². The fourth-order valence-electron chi connectivity index (χ4n) is 2.26. The third kappa shape index (κ3) is 5.86. The number of urea groups is 1. The minimum Gasteiger partial charge on any atom is -0.492 e. The first-order chi connectivity index (χ1) is 13.2. The Kier molecular flexibility index (Phi) is 6.43. The Bertz CT molecular complexity index is 882. The van der Waals surface area contributed by atoms with Crippen molar-refractivity contribution in [3.05, 3.63) is 77.7 Å².